The molecule has 0 spiro atoms. The van der Waals surface area contributed by atoms with Crippen LogP contribution >= 0.6 is 0 Å². The fraction of sp³-hybridized carbons (Fsp3) is 0.333. The highest BCUT2D eigenvalue weighted by Crippen LogP contribution is 2.12. The maximum absolute atomic E-state index is 5.11. The first-order valence-corrected chi connectivity index (χ1v) is 5.33. The van der Waals surface area contributed by atoms with Crippen molar-refractivity contribution < 1.29 is 4.74 Å². The third-order valence-electron chi connectivity index (χ3n) is 2.55. The van der Waals surface area contributed by atoms with E-state index >= 15 is 0 Å². The van der Waals surface area contributed by atoms with Crippen LogP contribution in [0, 0.1) is 0 Å². The first-order valence-electron chi connectivity index (χ1n) is 5.33. The summed E-state index contributed by atoms with van der Waals surface area (Å²) >= 11 is 0. The molecule has 0 amide bonds. The average Bonchev–Trinajstić information content (AvgIpc) is 2.77. The zero-order chi connectivity index (χ0) is 11.4. The van der Waals surface area contributed by atoms with E-state index in [-0.39, 0.29) is 0 Å². The molecule has 0 bridgehead atoms. The highest BCUT2D eigenvalue weighted by Gasteiger charge is 2.02. The Balaban J connectivity index is 2.14. The molecule has 0 radical (unpaired) electrons. The molecule has 84 valence electrons. The fourth-order valence-corrected chi connectivity index (χ4v) is 1.59. The van der Waals surface area contributed by atoms with Crippen molar-refractivity contribution in [1.29, 1.82) is 0 Å². The van der Waals surface area contributed by atoms with Crippen LogP contribution < -0.4 is 4.74 Å². The number of ether oxygens (including phenoxy) is 1. The summed E-state index contributed by atoms with van der Waals surface area (Å²) in [5.41, 5.74) is 2.34. The number of rotatable bonds is 4. The SMILES string of the molecule is CCc1cnnn1Cc1ccc(OC)cc1. The van der Waals surface area contributed by atoms with E-state index in [1.54, 1.807) is 7.11 Å². The molecule has 0 atom stereocenters. The van der Waals surface area contributed by atoms with Gasteiger partial charge in [0.15, 0.2) is 0 Å². The molecule has 0 unspecified atom stereocenters. The molecule has 4 nitrogen and oxygen atoms in total. The average molecular weight is 217 g/mol. The molecule has 2 aromatic rings. The molecule has 0 fully saturated rings. The molecule has 1 aromatic heterocycles. The van der Waals surface area contributed by atoms with E-state index in [2.05, 4.69) is 17.2 Å². The first-order chi connectivity index (χ1) is 7.83. The summed E-state index contributed by atoms with van der Waals surface area (Å²) in [6.07, 6.45) is 2.76. The summed E-state index contributed by atoms with van der Waals surface area (Å²) in [7, 11) is 1.67. The maximum Gasteiger partial charge on any atom is 0.118 e. The number of hydrogen-bond acceptors (Lipinski definition) is 3. The summed E-state index contributed by atoms with van der Waals surface area (Å²) in [4.78, 5) is 0. The molecule has 0 aliphatic rings. The summed E-state index contributed by atoms with van der Waals surface area (Å²) in [5, 5.41) is 7.97. The van der Waals surface area contributed by atoms with Gasteiger partial charge in [-0.25, -0.2) is 4.68 Å². The van der Waals surface area contributed by atoms with Crippen molar-refractivity contribution in [2.45, 2.75) is 19.9 Å². The van der Waals surface area contributed by atoms with Crippen LogP contribution in [0.15, 0.2) is 30.5 Å². The van der Waals surface area contributed by atoms with Crippen LogP contribution in [0.1, 0.15) is 18.2 Å². The molecular formula is C12H15N3O. The van der Waals surface area contributed by atoms with Gasteiger partial charge in [0, 0.05) is 0 Å². The van der Waals surface area contributed by atoms with E-state index in [0.29, 0.717) is 0 Å². The second-order valence-electron chi connectivity index (χ2n) is 3.58. The van der Waals surface area contributed by atoms with Crippen LogP contribution in [-0.2, 0) is 13.0 Å². The Labute approximate surface area is 94.9 Å². The van der Waals surface area contributed by atoms with Crippen LogP contribution in [0.25, 0.3) is 0 Å². The monoisotopic (exact) mass is 217 g/mol. The standard InChI is InChI=1S/C12H15N3O/c1-3-11-8-13-14-15(11)9-10-4-6-12(16-2)7-5-10/h4-8H,3,9H2,1-2H3. The summed E-state index contributed by atoms with van der Waals surface area (Å²) < 4.78 is 7.03. The van der Waals surface area contributed by atoms with E-state index in [9.17, 15) is 0 Å². The number of methoxy groups -OCH3 is 1. The van der Waals surface area contributed by atoms with Gasteiger partial charge in [-0.05, 0) is 24.1 Å². The van der Waals surface area contributed by atoms with Gasteiger partial charge < -0.3 is 4.74 Å². The third kappa shape index (κ3) is 2.21. The predicted molar refractivity (Wildman–Crippen MR) is 61.5 cm³/mol. The number of aryl methyl sites for hydroxylation is 1. The van der Waals surface area contributed by atoms with Gasteiger partial charge in [-0.3, -0.25) is 0 Å². The van der Waals surface area contributed by atoms with Gasteiger partial charge in [-0.2, -0.15) is 0 Å². The van der Waals surface area contributed by atoms with Gasteiger partial charge in [-0.15, -0.1) is 5.10 Å². The van der Waals surface area contributed by atoms with Gasteiger partial charge in [0.25, 0.3) is 0 Å². The topological polar surface area (TPSA) is 39.9 Å². The molecule has 0 aliphatic heterocycles. The van der Waals surface area contributed by atoms with E-state index in [4.69, 9.17) is 4.74 Å². The lowest BCUT2D eigenvalue weighted by Crippen LogP contribution is -2.05. The molecule has 0 aliphatic carbocycles. The van der Waals surface area contributed by atoms with Gasteiger partial charge >= 0.3 is 0 Å². The minimum absolute atomic E-state index is 0.757. The van der Waals surface area contributed by atoms with Crippen LogP contribution in [-0.4, -0.2) is 22.1 Å². The normalized spacial score (nSPS) is 10.4. The first kappa shape index (κ1) is 10.7. The number of aromatic nitrogens is 3. The van der Waals surface area contributed by atoms with E-state index in [0.717, 1.165) is 24.4 Å². The lowest BCUT2D eigenvalue weighted by molar-refractivity contribution is 0.414. The molecule has 0 N–H and O–H groups in total. The van der Waals surface area contributed by atoms with Crippen LogP contribution in [0.5, 0.6) is 5.75 Å². The lowest BCUT2D eigenvalue weighted by atomic mass is 10.2. The Morgan fingerprint density at radius 1 is 1.25 bits per heavy atom. The predicted octanol–water partition coefficient (Wildman–Crippen LogP) is 1.90. The summed E-state index contributed by atoms with van der Waals surface area (Å²) in [5.74, 6) is 0.873. The van der Waals surface area contributed by atoms with Crippen molar-refractivity contribution in [1.82, 2.24) is 15.0 Å². The van der Waals surface area contributed by atoms with Crippen molar-refractivity contribution in [2.75, 3.05) is 7.11 Å². The van der Waals surface area contributed by atoms with Crippen molar-refractivity contribution in [3.63, 3.8) is 0 Å². The Morgan fingerprint density at radius 3 is 2.62 bits per heavy atom. The Hall–Kier alpha value is -1.84. The van der Waals surface area contributed by atoms with Crippen molar-refractivity contribution in [3.05, 3.63) is 41.7 Å². The lowest BCUT2D eigenvalue weighted by Gasteiger charge is -2.05. The molecule has 0 saturated carbocycles. The van der Waals surface area contributed by atoms with Crippen molar-refractivity contribution in [2.24, 2.45) is 0 Å². The second kappa shape index (κ2) is 4.79. The highest BCUT2D eigenvalue weighted by atomic mass is 16.5. The molecular weight excluding hydrogens is 202 g/mol. The van der Waals surface area contributed by atoms with Crippen LogP contribution in [0.3, 0.4) is 0 Å². The summed E-state index contributed by atoms with van der Waals surface area (Å²) in [6.45, 7) is 2.86. The molecule has 16 heavy (non-hydrogen) atoms. The quantitative estimate of drug-likeness (QED) is 0.785. The highest BCUT2D eigenvalue weighted by molar-refractivity contribution is 5.27. The van der Waals surface area contributed by atoms with Crippen LogP contribution in [0.4, 0.5) is 0 Å². The largest absolute Gasteiger partial charge is 0.497 e. The van der Waals surface area contributed by atoms with Gasteiger partial charge in [-0.1, -0.05) is 24.3 Å². The Bertz CT molecular complexity index is 448. The zero-order valence-electron chi connectivity index (χ0n) is 9.55. The molecule has 1 heterocycles. The molecule has 1 aromatic carbocycles. The maximum atomic E-state index is 5.11. The second-order valence-corrected chi connectivity index (χ2v) is 3.58. The van der Waals surface area contributed by atoms with Crippen LogP contribution in [0.2, 0.25) is 0 Å². The summed E-state index contributed by atoms with van der Waals surface area (Å²) in [6, 6.07) is 8.00. The molecule has 0 saturated heterocycles. The van der Waals surface area contributed by atoms with E-state index in [1.807, 2.05) is 35.1 Å². The van der Waals surface area contributed by atoms with Gasteiger partial charge in [0.05, 0.1) is 25.5 Å². The molecule has 4 heteroatoms. The Morgan fingerprint density at radius 2 is 2.00 bits per heavy atom. The molecule has 2 rings (SSSR count). The Kier molecular flexibility index (Phi) is 3.19. The van der Waals surface area contributed by atoms with Crippen molar-refractivity contribution in [3.8, 4) is 5.75 Å². The van der Waals surface area contributed by atoms with Crippen molar-refractivity contribution >= 4 is 0 Å². The third-order valence-corrected chi connectivity index (χ3v) is 2.55. The smallest absolute Gasteiger partial charge is 0.118 e. The minimum atomic E-state index is 0.757. The zero-order valence-corrected chi connectivity index (χ0v) is 9.55. The van der Waals surface area contributed by atoms with E-state index in [1.165, 1.54) is 5.56 Å². The van der Waals surface area contributed by atoms with Gasteiger partial charge in [0.2, 0.25) is 0 Å². The van der Waals surface area contributed by atoms with Gasteiger partial charge in [0.1, 0.15) is 5.75 Å². The number of hydrogen-bond donors (Lipinski definition) is 0. The van der Waals surface area contributed by atoms with E-state index < -0.39 is 0 Å². The minimum Gasteiger partial charge on any atom is -0.497 e. The fourth-order valence-electron chi connectivity index (χ4n) is 1.59. The number of nitrogens with zero attached hydrogens (tertiary/aromatic N) is 3. The number of benzene rings is 1.